The van der Waals surface area contributed by atoms with Crippen molar-refractivity contribution in [3.05, 3.63) is 59.4 Å². The third kappa shape index (κ3) is 6.00. The number of rotatable bonds is 7. The Bertz CT molecular complexity index is 686. The SMILES string of the molecule is O=C(COc1ccc(Cl)cc1)NCC1CCN(Cc2cccnc2)CC1. The number of amides is 1. The summed E-state index contributed by atoms with van der Waals surface area (Å²) in [4.78, 5) is 18.6. The number of halogens is 1. The third-order valence-electron chi connectivity index (χ3n) is 4.61. The first kappa shape index (κ1) is 18.7. The van der Waals surface area contributed by atoms with E-state index in [4.69, 9.17) is 16.3 Å². The Balaban J connectivity index is 1.32. The number of likely N-dealkylation sites (tertiary alicyclic amines) is 1. The van der Waals surface area contributed by atoms with E-state index in [1.807, 2.05) is 12.3 Å². The van der Waals surface area contributed by atoms with E-state index < -0.39 is 0 Å². The van der Waals surface area contributed by atoms with E-state index in [-0.39, 0.29) is 12.5 Å². The van der Waals surface area contributed by atoms with Crippen LogP contribution in [0.2, 0.25) is 5.02 Å². The maximum atomic E-state index is 12.0. The first-order valence-corrected chi connectivity index (χ1v) is 9.33. The van der Waals surface area contributed by atoms with Crippen molar-refractivity contribution < 1.29 is 9.53 Å². The summed E-state index contributed by atoms with van der Waals surface area (Å²) in [6.07, 6.45) is 5.92. The van der Waals surface area contributed by atoms with Crippen molar-refractivity contribution in [2.75, 3.05) is 26.2 Å². The van der Waals surface area contributed by atoms with Gasteiger partial charge in [-0.2, -0.15) is 0 Å². The summed E-state index contributed by atoms with van der Waals surface area (Å²) in [6, 6.07) is 11.1. The van der Waals surface area contributed by atoms with Gasteiger partial charge in [0.25, 0.3) is 5.91 Å². The first-order chi connectivity index (χ1) is 12.7. The number of hydrogen-bond donors (Lipinski definition) is 1. The van der Waals surface area contributed by atoms with Crippen LogP contribution in [0.25, 0.3) is 0 Å². The maximum Gasteiger partial charge on any atom is 0.257 e. The molecule has 3 rings (SSSR count). The molecule has 2 aromatic rings. The molecule has 1 amide bonds. The lowest BCUT2D eigenvalue weighted by Gasteiger charge is -2.31. The van der Waals surface area contributed by atoms with E-state index in [1.165, 1.54) is 5.56 Å². The molecule has 5 nitrogen and oxygen atoms in total. The van der Waals surface area contributed by atoms with Crippen LogP contribution in [-0.4, -0.2) is 42.0 Å². The monoisotopic (exact) mass is 373 g/mol. The Labute approximate surface area is 159 Å². The van der Waals surface area contributed by atoms with Gasteiger partial charge in [-0.15, -0.1) is 0 Å². The highest BCUT2D eigenvalue weighted by molar-refractivity contribution is 6.30. The van der Waals surface area contributed by atoms with Crippen molar-refractivity contribution in [2.24, 2.45) is 5.92 Å². The van der Waals surface area contributed by atoms with Crippen LogP contribution in [0.1, 0.15) is 18.4 Å². The zero-order valence-corrected chi connectivity index (χ0v) is 15.5. The number of piperidine rings is 1. The lowest BCUT2D eigenvalue weighted by molar-refractivity contribution is -0.123. The Hall–Kier alpha value is -2.11. The zero-order chi connectivity index (χ0) is 18.2. The van der Waals surface area contributed by atoms with Gasteiger partial charge >= 0.3 is 0 Å². The molecule has 0 spiro atoms. The number of benzene rings is 1. The minimum atomic E-state index is -0.0854. The number of aromatic nitrogens is 1. The van der Waals surface area contributed by atoms with Crippen LogP contribution < -0.4 is 10.1 Å². The summed E-state index contributed by atoms with van der Waals surface area (Å²) in [5.74, 6) is 1.09. The molecule has 1 N–H and O–H groups in total. The van der Waals surface area contributed by atoms with Crippen molar-refractivity contribution in [1.82, 2.24) is 15.2 Å². The number of ether oxygens (including phenoxy) is 1. The summed E-state index contributed by atoms with van der Waals surface area (Å²) in [6.45, 7) is 3.79. The van der Waals surface area contributed by atoms with Crippen molar-refractivity contribution in [3.63, 3.8) is 0 Å². The van der Waals surface area contributed by atoms with Crippen LogP contribution in [0, 0.1) is 5.92 Å². The predicted octanol–water partition coefficient (Wildman–Crippen LogP) is 3.14. The summed E-state index contributed by atoms with van der Waals surface area (Å²) < 4.78 is 5.46. The molecule has 0 unspecified atom stereocenters. The fourth-order valence-corrected chi connectivity index (χ4v) is 3.21. The molecule has 0 bridgehead atoms. The second-order valence-corrected chi connectivity index (χ2v) is 7.06. The molecule has 26 heavy (non-hydrogen) atoms. The number of hydrogen-bond acceptors (Lipinski definition) is 4. The lowest BCUT2D eigenvalue weighted by atomic mass is 9.96. The van der Waals surface area contributed by atoms with Crippen LogP contribution >= 0.6 is 11.6 Å². The van der Waals surface area contributed by atoms with Crippen LogP contribution in [0.5, 0.6) is 5.75 Å². The van der Waals surface area contributed by atoms with Crippen molar-refractivity contribution in [2.45, 2.75) is 19.4 Å². The van der Waals surface area contributed by atoms with Crippen molar-refractivity contribution in [1.29, 1.82) is 0 Å². The molecule has 1 saturated heterocycles. The third-order valence-corrected chi connectivity index (χ3v) is 4.86. The van der Waals surface area contributed by atoms with Gasteiger partial charge in [0.15, 0.2) is 6.61 Å². The molecule has 1 aliphatic rings. The van der Waals surface area contributed by atoms with Gasteiger partial charge in [-0.25, -0.2) is 0 Å². The molecule has 0 atom stereocenters. The van der Waals surface area contributed by atoms with Gasteiger partial charge in [0.05, 0.1) is 0 Å². The van der Waals surface area contributed by atoms with Crippen molar-refractivity contribution in [3.8, 4) is 5.75 Å². The second kappa shape index (κ2) is 9.55. The molecule has 2 heterocycles. The molecule has 1 aromatic carbocycles. The highest BCUT2D eigenvalue weighted by Crippen LogP contribution is 2.18. The molecule has 0 aliphatic carbocycles. The fourth-order valence-electron chi connectivity index (χ4n) is 3.09. The van der Waals surface area contributed by atoms with E-state index in [0.717, 1.165) is 32.5 Å². The lowest BCUT2D eigenvalue weighted by Crippen LogP contribution is -2.39. The second-order valence-electron chi connectivity index (χ2n) is 6.63. The van der Waals surface area contributed by atoms with E-state index in [1.54, 1.807) is 30.5 Å². The Morgan fingerprint density at radius 3 is 2.69 bits per heavy atom. The minimum absolute atomic E-state index is 0.0293. The summed E-state index contributed by atoms with van der Waals surface area (Å²) >= 11 is 5.82. The van der Waals surface area contributed by atoms with Gasteiger partial charge in [-0.05, 0) is 67.7 Å². The predicted molar refractivity (Wildman–Crippen MR) is 102 cm³/mol. The van der Waals surface area contributed by atoms with E-state index in [2.05, 4.69) is 21.3 Å². The van der Waals surface area contributed by atoms with Gasteiger partial charge in [0.1, 0.15) is 5.75 Å². The first-order valence-electron chi connectivity index (χ1n) is 8.95. The number of nitrogens with one attached hydrogen (secondary N) is 1. The van der Waals surface area contributed by atoms with E-state index in [9.17, 15) is 4.79 Å². The molecule has 0 saturated carbocycles. The van der Waals surface area contributed by atoms with Crippen LogP contribution in [0.4, 0.5) is 0 Å². The maximum absolute atomic E-state index is 12.0. The smallest absolute Gasteiger partial charge is 0.257 e. The molecule has 138 valence electrons. The molecule has 6 heteroatoms. The largest absolute Gasteiger partial charge is 0.484 e. The highest BCUT2D eigenvalue weighted by atomic mass is 35.5. The molecule has 0 radical (unpaired) electrons. The Kier molecular flexibility index (Phi) is 6.86. The summed E-state index contributed by atoms with van der Waals surface area (Å²) in [5.41, 5.74) is 1.25. The quantitative estimate of drug-likeness (QED) is 0.810. The molecular formula is C20H24ClN3O2. The molecule has 1 fully saturated rings. The van der Waals surface area contributed by atoms with Gasteiger partial charge in [-0.3, -0.25) is 14.7 Å². The Morgan fingerprint density at radius 2 is 2.00 bits per heavy atom. The normalized spacial score (nSPS) is 15.6. The van der Waals surface area contributed by atoms with Gasteiger partial charge in [0.2, 0.25) is 0 Å². The molecule has 1 aromatic heterocycles. The van der Waals surface area contributed by atoms with Gasteiger partial charge < -0.3 is 10.1 Å². The molecule has 1 aliphatic heterocycles. The molecular weight excluding hydrogens is 350 g/mol. The van der Waals surface area contributed by atoms with Crippen LogP contribution in [0.3, 0.4) is 0 Å². The Morgan fingerprint density at radius 1 is 1.23 bits per heavy atom. The average molecular weight is 374 g/mol. The number of pyridine rings is 1. The number of carbonyl (C=O) groups is 1. The van der Waals surface area contributed by atoms with E-state index >= 15 is 0 Å². The fraction of sp³-hybridized carbons (Fsp3) is 0.400. The number of carbonyl (C=O) groups excluding carboxylic acids is 1. The standard InChI is InChI=1S/C20H24ClN3O2/c21-18-3-5-19(6-4-18)26-15-20(25)23-13-16-7-10-24(11-8-16)14-17-2-1-9-22-12-17/h1-6,9,12,16H,7-8,10-11,13-15H2,(H,23,25). The minimum Gasteiger partial charge on any atom is -0.484 e. The topological polar surface area (TPSA) is 54.5 Å². The highest BCUT2D eigenvalue weighted by Gasteiger charge is 2.19. The van der Waals surface area contributed by atoms with Crippen molar-refractivity contribution >= 4 is 17.5 Å². The summed E-state index contributed by atoms with van der Waals surface area (Å²) in [5, 5.41) is 3.63. The van der Waals surface area contributed by atoms with E-state index in [0.29, 0.717) is 23.2 Å². The average Bonchev–Trinajstić information content (AvgIpc) is 2.68. The van der Waals surface area contributed by atoms with Gasteiger partial charge in [-0.1, -0.05) is 17.7 Å². The zero-order valence-electron chi connectivity index (χ0n) is 14.7. The number of nitrogens with zero attached hydrogens (tertiary/aromatic N) is 2. The van der Waals surface area contributed by atoms with Gasteiger partial charge in [0, 0.05) is 30.5 Å². The summed E-state index contributed by atoms with van der Waals surface area (Å²) in [7, 11) is 0. The van der Waals surface area contributed by atoms with Crippen LogP contribution in [-0.2, 0) is 11.3 Å². The van der Waals surface area contributed by atoms with Crippen LogP contribution in [0.15, 0.2) is 48.8 Å².